The summed E-state index contributed by atoms with van der Waals surface area (Å²) in [6, 6.07) is 0.472. The zero-order valence-corrected chi connectivity index (χ0v) is 5.31. The molecule has 0 heterocycles. The number of rotatable bonds is 1. The minimum atomic E-state index is 0.472. The van der Waals surface area contributed by atoms with Crippen molar-refractivity contribution in [3.05, 3.63) is 11.6 Å². The minimum absolute atomic E-state index is 0.472. The second-order valence-corrected chi connectivity index (χ2v) is 2.22. The van der Waals surface area contributed by atoms with E-state index in [1.165, 1.54) is 5.57 Å². The van der Waals surface area contributed by atoms with Gasteiger partial charge in [0.05, 0.1) is 0 Å². The Morgan fingerprint density at radius 2 is 2.38 bits per heavy atom. The average Bonchev–Trinajstić information content (AvgIpc) is 2.40. The van der Waals surface area contributed by atoms with Crippen LogP contribution in [0.2, 0.25) is 0 Å². The first kappa shape index (κ1) is 5.79. The molecule has 2 atom stereocenters. The van der Waals surface area contributed by atoms with Crippen LogP contribution < -0.4 is 11.3 Å². The normalized spacial score (nSPS) is 40.6. The maximum atomic E-state index is 5.20. The molecule has 0 saturated heterocycles. The van der Waals surface area contributed by atoms with E-state index < -0.39 is 0 Å². The summed E-state index contributed by atoms with van der Waals surface area (Å²) in [5.41, 5.74) is 4.16. The Balaban J connectivity index is 2.46. The molecule has 0 aromatic rings. The third kappa shape index (κ3) is 0.659. The maximum Gasteiger partial charge on any atom is 0.0486 e. The lowest BCUT2D eigenvalue weighted by Gasteiger charge is -1.85. The zero-order valence-electron chi connectivity index (χ0n) is 5.31. The molecular weight excluding hydrogens is 100 g/mol. The molecule has 0 aliphatic heterocycles. The Morgan fingerprint density at radius 3 is 2.50 bits per heavy atom. The second-order valence-electron chi connectivity index (χ2n) is 2.22. The third-order valence-corrected chi connectivity index (χ3v) is 1.79. The van der Waals surface area contributed by atoms with Gasteiger partial charge in [-0.1, -0.05) is 18.6 Å². The molecule has 1 saturated carbocycles. The fourth-order valence-electron chi connectivity index (χ4n) is 1.10. The van der Waals surface area contributed by atoms with Crippen LogP contribution in [0.3, 0.4) is 0 Å². The Kier molecular flexibility index (Phi) is 1.36. The summed E-state index contributed by atoms with van der Waals surface area (Å²) in [6.45, 7) is 4.21. The van der Waals surface area contributed by atoms with E-state index in [1.54, 1.807) is 0 Å². The van der Waals surface area contributed by atoms with E-state index in [9.17, 15) is 0 Å². The van der Waals surface area contributed by atoms with E-state index in [0.29, 0.717) is 12.0 Å². The summed E-state index contributed by atoms with van der Waals surface area (Å²) in [5, 5.41) is 0. The van der Waals surface area contributed by atoms with Gasteiger partial charge in [0.25, 0.3) is 0 Å². The summed E-state index contributed by atoms with van der Waals surface area (Å²) in [7, 11) is 0. The molecule has 46 valence electrons. The molecule has 2 nitrogen and oxygen atoms in total. The number of allylic oxidation sites excluding steroid dienone is 1. The molecule has 3 N–H and O–H groups in total. The molecule has 0 aromatic heterocycles. The molecule has 1 aliphatic rings. The molecule has 0 radical (unpaired) electrons. The van der Waals surface area contributed by atoms with Crippen molar-refractivity contribution >= 4 is 0 Å². The number of hydrogen-bond donors (Lipinski definition) is 2. The summed E-state index contributed by atoms with van der Waals surface area (Å²) in [4.78, 5) is 0. The van der Waals surface area contributed by atoms with Gasteiger partial charge in [0.1, 0.15) is 0 Å². The highest BCUT2D eigenvalue weighted by Gasteiger charge is 2.37. The molecule has 0 bridgehead atoms. The Hall–Kier alpha value is -0.340. The second kappa shape index (κ2) is 1.88. The fraction of sp³-hybridized carbons (Fsp3) is 0.667. The quantitative estimate of drug-likeness (QED) is 0.293. The summed E-state index contributed by atoms with van der Waals surface area (Å²) >= 11 is 0. The van der Waals surface area contributed by atoms with Gasteiger partial charge < -0.3 is 0 Å². The van der Waals surface area contributed by atoms with Crippen molar-refractivity contribution in [2.24, 2.45) is 11.8 Å². The van der Waals surface area contributed by atoms with Gasteiger partial charge in [0, 0.05) is 6.04 Å². The average molecular weight is 112 g/mol. The topological polar surface area (TPSA) is 38.0 Å². The maximum absolute atomic E-state index is 5.20. The Morgan fingerprint density at radius 1 is 1.75 bits per heavy atom. The van der Waals surface area contributed by atoms with Gasteiger partial charge in [0.2, 0.25) is 0 Å². The highest BCUT2D eigenvalue weighted by atomic mass is 15.3. The van der Waals surface area contributed by atoms with Crippen LogP contribution in [0.15, 0.2) is 11.6 Å². The Bertz CT molecular complexity index is 118. The predicted octanol–water partition coefficient (Wildman–Crippen LogP) is 0.414. The van der Waals surface area contributed by atoms with Crippen LogP contribution in [0.25, 0.3) is 0 Å². The van der Waals surface area contributed by atoms with E-state index in [0.717, 1.165) is 0 Å². The van der Waals surface area contributed by atoms with Crippen LogP contribution in [-0.4, -0.2) is 6.04 Å². The van der Waals surface area contributed by atoms with Crippen LogP contribution in [0.4, 0.5) is 0 Å². The van der Waals surface area contributed by atoms with Crippen molar-refractivity contribution in [3.63, 3.8) is 0 Å². The molecule has 2 heteroatoms. The van der Waals surface area contributed by atoms with E-state index in [1.807, 2.05) is 6.92 Å². The van der Waals surface area contributed by atoms with Gasteiger partial charge in [-0.15, -0.1) is 0 Å². The van der Waals surface area contributed by atoms with Crippen molar-refractivity contribution in [1.82, 2.24) is 5.43 Å². The van der Waals surface area contributed by atoms with Crippen molar-refractivity contribution in [2.45, 2.75) is 19.9 Å². The molecule has 0 aromatic carbocycles. The highest BCUT2D eigenvalue weighted by molar-refractivity contribution is 5.32. The van der Waals surface area contributed by atoms with Gasteiger partial charge in [-0.3, -0.25) is 11.3 Å². The summed E-state index contributed by atoms with van der Waals surface area (Å²) < 4.78 is 0. The smallest absolute Gasteiger partial charge is 0.0486 e. The van der Waals surface area contributed by atoms with E-state index >= 15 is 0 Å². The van der Waals surface area contributed by atoms with E-state index in [-0.39, 0.29) is 0 Å². The van der Waals surface area contributed by atoms with Gasteiger partial charge in [-0.05, 0) is 12.8 Å². The first-order valence-electron chi connectivity index (χ1n) is 2.93. The third-order valence-electron chi connectivity index (χ3n) is 1.79. The van der Waals surface area contributed by atoms with Gasteiger partial charge >= 0.3 is 0 Å². The van der Waals surface area contributed by atoms with E-state index in [4.69, 9.17) is 5.84 Å². The summed E-state index contributed by atoms with van der Waals surface area (Å²) in [5.74, 6) is 5.87. The minimum Gasteiger partial charge on any atom is -0.271 e. The molecule has 1 rings (SSSR count). The lowest BCUT2D eigenvalue weighted by atomic mass is 10.4. The fourth-order valence-corrected chi connectivity index (χ4v) is 1.10. The van der Waals surface area contributed by atoms with Crippen LogP contribution >= 0.6 is 0 Å². The van der Waals surface area contributed by atoms with Crippen molar-refractivity contribution in [2.75, 3.05) is 0 Å². The standard InChI is InChI=1S/C6H12N2/c1-3-5-4(2)6(5)8-7/h3-4,6,8H,7H2,1-2H3/t4?,6-/m0/s1. The highest BCUT2D eigenvalue weighted by Crippen LogP contribution is 2.36. The van der Waals surface area contributed by atoms with Crippen molar-refractivity contribution in [3.8, 4) is 0 Å². The van der Waals surface area contributed by atoms with Crippen LogP contribution in [0, 0.1) is 5.92 Å². The molecular formula is C6H12N2. The lowest BCUT2D eigenvalue weighted by molar-refractivity contribution is 0.692. The largest absolute Gasteiger partial charge is 0.271 e. The van der Waals surface area contributed by atoms with Crippen LogP contribution in [0.1, 0.15) is 13.8 Å². The van der Waals surface area contributed by atoms with Gasteiger partial charge in [-0.2, -0.15) is 0 Å². The van der Waals surface area contributed by atoms with Crippen molar-refractivity contribution in [1.29, 1.82) is 0 Å². The molecule has 1 unspecified atom stereocenters. The lowest BCUT2D eigenvalue weighted by Crippen LogP contribution is -2.25. The number of hydrazine groups is 1. The molecule has 0 spiro atoms. The molecule has 1 fully saturated rings. The van der Waals surface area contributed by atoms with E-state index in [2.05, 4.69) is 18.4 Å². The Labute approximate surface area is 49.7 Å². The molecule has 0 amide bonds. The monoisotopic (exact) mass is 112 g/mol. The van der Waals surface area contributed by atoms with Crippen LogP contribution in [0.5, 0.6) is 0 Å². The van der Waals surface area contributed by atoms with Gasteiger partial charge in [0.15, 0.2) is 0 Å². The number of hydrogen-bond acceptors (Lipinski definition) is 2. The van der Waals surface area contributed by atoms with Gasteiger partial charge in [-0.25, -0.2) is 0 Å². The van der Waals surface area contributed by atoms with Crippen LogP contribution in [-0.2, 0) is 0 Å². The predicted molar refractivity (Wildman–Crippen MR) is 34.0 cm³/mol. The SMILES string of the molecule is CC=C1C(C)[C@@H]1NN. The van der Waals surface area contributed by atoms with Crippen molar-refractivity contribution < 1.29 is 0 Å². The molecule has 1 aliphatic carbocycles. The number of nitrogens with one attached hydrogen (secondary N) is 1. The number of nitrogens with two attached hydrogens (primary N) is 1. The first-order chi connectivity index (χ1) is 3.81. The summed E-state index contributed by atoms with van der Waals surface area (Å²) in [6.07, 6.45) is 2.12. The molecule has 8 heavy (non-hydrogen) atoms. The first-order valence-corrected chi connectivity index (χ1v) is 2.93. The zero-order chi connectivity index (χ0) is 6.15.